The van der Waals surface area contributed by atoms with Crippen molar-refractivity contribution in [3.8, 4) is 0 Å². The van der Waals surface area contributed by atoms with Gasteiger partial charge in [-0.2, -0.15) is 0 Å². The van der Waals surface area contributed by atoms with Gasteiger partial charge in [0.15, 0.2) is 5.78 Å². The van der Waals surface area contributed by atoms with E-state index in [1.165, 1.54) is 6.92 Å². The van der Waals surface area contributed by atoms with Gasteiger partial charge in [-0.1, -0.05) is 15.9 Å². The number of carbonyl (C=O) groups is 2. The Kier molecular flexibility index (Phi) is 3.47. The van der Waals surface area contributed by atoms with Gasteiger partial charge in [0.2, 0.25) is 5.91 Å². The van der Waals surface area contributed by atoms with Crippen LogP contribution in [0.25, 0.3) is 0 Å². The summed E-state index contributed by atoms with van der Waals surface area (Å²) in [5.74, 6) is 0.00390. The fourth-order valence-electron chi connectivity index (χ4n) is 1.91. The smallest absolute Gasteiger partial charge is 0.239 e. The van der Waals surface area contributed by atoms with Crippen molar-refractivity contribution in [1.82, 2.24) is 5.32 Å². The number of hydrogen-bond donors (Lipinski definition) is 1. The zero-order chi connectivity index (χ0) is 12.4. The molecule has 0 spiro atoms. The van der Waals surface area contributed by atoms with E-state index in [9.17, 15) is 9.59 Å². The summed E-state index contributed by atoms with van der Waals surface area (Å²) in [6.07, 6.45) is 0. The normalized spacial score (nSPS) is 15.6. The molecular weight excluding hydrogens is 284 g/mol. The highest BCUT2D eigenvalue weighted by atomic mass is 79.9. The second kappa shape index (κ2) is 4.87. The molecule has 1 aliphatic heterocycles. The van der Waals surface area contributed by atoms with E-state index in [0.717, 1.165) is 16.7 Å². The van der Waals surface area contributed by atoms with Crippen molar-refractivity contribution in [1.29, 1.82) is 0 Å². The van der Waals surface area contributed by atoms with Gasteiger partial charge < -0.3 is 10.2 Å². The second-order valence-corrected chi connectivity index (χ2v) is 4.90. The Morgan fingerprint density at radius 2 is 2.24 bits per heavy atom. The molecule has 1 N–H and O–H groups in total. The van der Waals surface area contributed by atoms with Crippen LogP contribution in [0.4, 0.5) is 5.69 Å². The first-order valence-electron chi connectivity index (χ1n) is 5.40. The zero-order valence-electron chi connectivity index (χ0n) is 9.50. The molecule has 0 aliphatic carbocycles. The predicted molar refractivity (Wildman–Crippen MR) is 69.4 cm³/mol. The van der Waals surface area contributed by atoms with Gasteiger partial charge in [0.25, 0.3) is 0 Å². The molecule has 1 fully saturated rings. The molecule has 0 saturated carbocycles. The predicted octanol–water partition coefficient (Wildman–Crippen LogP) is 1.59. The number of anilines is 1. The topological polar surface area (TPSA) is 49.4 Å². The lowest BCUT2D eigenvalue weighted by atomic mass is 10.1. The summed E-state index contributed by atoms with van der Waals surface area (Å²) >= 11 is 3.39. The Morgan fingerprint density at radius 1 is 1.47 bits per heavy atom. The van der Waals surface area contributed by atoms with E-state index >= 15 is 0 Å². The maximum Gasteiger partial charge on any atom is 0.239 e. The van der Waals surface area contributed by atoms with E-state index in [0.29, 0.717) is 18.7 Å². The summed E-state index contributed by atoms with van der Waals surface area (Å²) in [5, 5.41) is 2.77. The molecule has 0 atom stereocenters. The molecule has 1 saturated heterocycles. The molecule has 17 heavy (non-hydrogen) atoms. The molecule has 0 bridgehead atoms. The van der Waals surface area contributed by atoms with Crippen molar-refractivity contribution in [2.45, 2.75) is 6.92 Å². The van der Waals surface area contributed by atoms with Crippen LogP contribution in [0, 0.1) is 0 Å². The Labute approximate surface area is 108 Å². The molecule has 0 radical (unpaired) electrons. The molecule has 1 aliphatic rings. The minimum atomic E-state index is -0.00859. The van der Waals surface area contributed by atoms with E-state index in [1.807, 2.05) is 17.0 Å². The van der Waals surface area contributed by atoms with Crippen molar-refractivity contribution >= 4 is 33.3 Å². The van der Waals surface area contributed by atoms with E-state index in [-0.39, 0.29) is 11.7 Å². The lowest BCUT2D eigenvalue weighted by molar-refractivity contribution is -0.120. The second-order valence-electron chi connectivity index (χ2n) is 3.99. The Hall–Kier alpha value is -1.36. The highest BCUT2D eigenvalue weighted by Gasteiger charge is 2.20. The summed E-state index contributed by atoms with van der Waals surface area (Å²) < 4.78 is 0.906. The van der Waals surface area contributed by atoms with Crippen molar-refractivity contribution < 1.29 is 9.59 Å². The minimum absolute atomic E-state index is 0.00859. The van der Waals surface area contributed by atoms with Crippen molar-refractivity contribution in [3.63, 3.8) is 0 Å². The first-order valence-corrected chi connectivity index (χ1v) is 6.19. The molecule has 90 valence electrons. The monoisotopic (exact) mass is 296 g/mol. The van der Waals surface area contributed by atoms with Crippen LogP contribution >= 0.6 is 15.9 Å². The molecule has 0 unspecified atom stereocenters. The largest absolute Gasteiger partial charge is 0.360 e. The average Bonchev–Trinajstić information content (AvgIpc) is 2.28. The van der Waals surface area contributed by atoms with Crippen LogP contribution in [-0.2, 0) is 4.79 Å². The van der Waals surface area contributed by atoms with E-state index in [1.54, 1.807) is 6.07 Å². The SMILES string of the molecule is CC(=O)c1ccc(Br)cc1N1CCNC(=O)C1. The maximum atomic E-state index is 11.6. The molecular formula is C12H13BrN2O2. The summed E-state index contributed by atoms with van der Waals surface area (Å²) in [4.78, 5) is 24.9. The molecule has 5 heteroatoms. The number of carbonyl (C=O) groups excluding carboxylic acids is 2. The number of benzene rings is 1. The van der Waals surface area contributed by atoms with Crippen molar-refractivity contribution in [2.24, 2.45) is 0 Å². The van der Waals surface area contributed by atoms with Crippen LogP contribution in [0.1, 0.15) is 17.3 Å². The van der Waals surface area contributed by atoms with Gasteiger partial charge >= 0.3 is 0 Å². The van der Waals surface area contributed by atoms with Crippen LogP contribution in [0.3, 0.4) is 0 Å². The highest BCUT2D eigenvalue weighted by molar-refractivity contribution is 9.10. The van der Waals surface area contributed by atoms with Gasteiger partial charge in [-0.15, -0.1) is 0 Å². The minimum Gasteiger partial charge on any atom is -0.360 e. The summed E-state index contributed by atoms with van der Waals surface area (Å²) in [5.41, 5.74) is 1.48. The van der Waals surface area contributed by atoms with Crippen LogP contribution in [-0.4, -0.2) is 31.3 Å². The zero-order valence-corrected chi connectivity index (χ0v) is 11.1. The van der Waals surface area contributed by atoms with Gasteiger partial charge in [0, 0.05) is 28.8 Å². The van der Waals surface area contributed by atoms with Crippen molar-refractivity contribution in [3.05, 3.63) is 28.2 Å². The number of rotatable bonds is 2. The number of piperazine rings is 1. The Bertz CT molecular complexity index is 474. The van der Waals surface area contributed by atoms with E-state index in [2.05, 4.69) is 21.2 Å². The molecule has 1 aromatic carbocycles. The van der Waals surface area contributed by atoms with Gasteiger partial charge in [-0.3, -0.25) is 9.59 Å². The molecule has 1 amide bonds. The van der Waals surface area contributed by atoms with Gasteiger partial charge in [-0.25, -0.2) is 0 Å². The highest BCUT2D eigenvalue weighted by Crippen LogP contribution is 2.26. The molecule has 1 aromatic rings. The molecule has 1 heterocycles. The molecule has 4 nitrogen and oxygen atoms in total. The number of ketones is 1. The fourth-order valence-corrected chi connectivity index (χ4v) is 2.26. The number of hydrogen-bond acceptors (Lipinski definition) is 3. The van der Waals surface area contributed by atoms with Gasteiger partial charge in [-0.05, 0) is 25.1 Å². The number of amides is 1. The number of Topliss-reactive ketones (excluding diaryl/α,β-unsaturated/α-hetero) is 1. The van der Waals surface area contributed by atoms with E-state index in [4.69, 9.17) is 0 Å². The molecule has 0 aromatic heterocycles. The lowest BCUT2D eigenvalue weighted by Gasteiger charge is -2.30. The molecule has 2 rings (SSSR count). The number of nitrogens with zero attached hydrogens (tertiary/aromatic N) is 1. The van der Waals surface area contributed by atoms with Crippen LogP contribution in [0.2, 0.25) is 0 Å². The van der Waals surface area contributed by atoms with Gasteiger partial charge in [0.1, 0.15) is 0 Å². The summed E-state index contributed by atoms with van der Waals surface area (Å²) in [6, 6.07) is 5.51. The average molecular weight is 297 g/mol. The third-order valence-corrected chi connectivity index (χ3v) is 3.21. The third kappa shape index (κ3) is 2.66. The first-order chi connectivity index (χ1) is 8.08. The van der Waals surface area contributed by atoms with Crippen LogP contribution < -0.4 is 10.2 Å². The van der Waals surface area contributed by atoms with Gasteiger partial charge in [0.05, 0.1) is 6.54 Å². The Balaban J connectivity index is 2.38. The summed E-state index contributed by atoms with van der Waals surface area (Å²) in [7, 11) is 0. The van der Waals surface area contributed by atoms with Crippen LogP contribution in [0.15, 0.2) is 22.7 Å². The lowest BCUT2D eigenvalue weighted by Crippen LogP contribution is -2.48. The standard InChI is InChI=1S/C12H13BrN2O2/c1-8(16)10-3-2-9(13)6-11(10)15-5-4-14-12(17)7-15/h2-3,6H,4-5,7H2,1H3,(H,14,17). The number of halogens is 1. The fraction of sp³-hybridized carbons (Fsp3) is 0.333. The maximum absolute atomic E-state index is 11.6. The van der Waals surface area contributed by atoms with E-state index < -0.39 is 0 Å². The quantitative estimate of drug-likeness (QED) is 0.843. The summed E-state index contributed by atoms with van der Waals surface area (Å²) in [6.45, 7) is 3.18. The van der Waals surface area contributed by atoms with Crippen molar-refractivity contribution in [2.75, 3.05) is 24.5 Å². The van der Waals surface area contributed by atoms with Crippen LogP contribution in [0.5, 0.6) is 0 Å². The number of nitrogens with one attached hydrogen (secondary N) is 1. The Morgan fingerprint density at radius 3 is 2.88 bits per heavy atom. The first kappa shape index (κ1) is 12.1. The third-order valence-electron chi connectivity index (χ3n) is 2.72.